The molecule has 0 aliphatic heterocycles. The molecule has 0 radical (unpaired) electrons. The topological polar surface area (TPSA) is 33.5 Å². The second-order valence-corrected chi connectivity index (χ2v) is 5.61. The molecule has 2 N–H and O–H groups in total. The van der Waals surface area contributed by atoms with E-state index in [-0.39, 0.29) is 5.91 Å². The Morgan fingerprint density at radius 2 is 1.64 bits per heavy atom. The smallest absolute Gasteiger partial charge is 0.244 e. The van der Waals surface area contributed by atoms with Gasteiger partial charge in [0.25, 0.3) is 0 Å². The van der Waals surface area contributed by atoms with Crippen LogP contribution in [0.25, 0.3) is 6.08 Å². The number of carbonyl (C=O) groups excluding carboxylic acids is 1. The Morgan fingerprint density at radius 1 is 1.00 bits per heavy atom. The molecule has 2 aromatic rings. The van der Waals surface area contributed by atoms with Crippen LogP contribution < -0.4 is 10.2 Å². The second kappa shape index (κ2) is 8.15. The number of rotatable bonds is 6. The van der Waals surface area contributed by atoms with Gasteiger partial charge in [-0.3, -0.25) is 4.79 Å². The summed E-state index contributed by atoms with van der Waals surface area (Å²) in [7, 11) is 4.25. The van der Waals surface area contributed by atoms with E-state index in [2.05, 4.69) is 31.5 Å². The van der Waals surface area contributed by atoms with Crippen LogP contribution in [0.15, 0.2) is 60.7 Å². The van der Waals surface area contributed by atoms with Crippen molar-refractivity contribution in [2.75, 3.05) is 14.1 Å². The lowest BCUT2D eigenvalue weighted by Crippen LogP contribution is -3.04. The first-order valence-electron chi connectivity index (χ1n) is 7.52. The Balaban J connectivity index is 1.93. The van der Waals surface area contributed by atoms with Crippen molar-refractivity contribution in [2.45, 2.75) is 13.1 Å². The summed E-state index contributed by atoms with van der Waals surface area (Å²) in [6.45, 7) is 1.51. The number of nitrogens with one attached hydrogen (secondary N) is 2. The lowest BCUT2D eigenvalue weighted by Gasteiger charge is -2.12. The zero-order valence-corrected chi connectivity index (χ0v) is 13.2. The van der Waals surface area contributed by atoms with E-state index in [0.717, 1.165) is 12.1 Å². The van der Waals surface area contributed by atoms with Gasteiger partial charge in [-0.25, -0.2) is 0 Å². The van der Waals surface area contributed by atoms with E-state index < -0.39 is 0 Å². The summed E-state index contributed by atoms with van der Waals surface area (Å²) in [6.07, 6.45) is 3.40. The molecule has 22 heavy (non-hydrogen) atoms. The van der Waals surface area contributed by atoms with E-state index in [0.29, 0.717) is 6.54 Å². The maximum atomic E-state index is 11.9. The van der Waals surface area contributed by atoms with Gasteiger partial charge in [-0.05, 0) is 17.2 Å². The zero-order chi connectivity index (χ0) is 15.8. The Morgan fingerprint density at radius 3 is 2.32 bits per heavy atom. The van der Waals surface area contributed by atoms with Gasteiger partial charge >= 0.3 is 0 Å². The number of hydrogen-bond donors (Lipinski definition) is 2. The first-order valence-corrected chi connectivity index (χ1v) is 7.52. The zero-order valence-electron chi connectivity index (χ0n) is 13.2. The highest BCUT2D eigenvalue weighted by molar-refractivity contribution is 5.91. The van der Waals surface area contributed by atoms with Crippen LogP contribution in [0, 0.1) is 0 Å². The van der Waals surface area contributed by atoms with E-state index >= 15 is 0 Å². The fourth-order valence-corrected chi connectivity index (χ4v) is 2.26. The van der Waals surface area contributed by atoms with E-state index in [4.69, 9.17) is 0 Å². The fourth-order valence-electron chi connectivity index (χ4n) is 2.26. The van der Waals surface area contributed by atoms with Gasteiger partial charge in [-0.15, -0.1) is 0 Å². The van der Waals surface area contributed by atoms with Gasteiger partial charge in [0, 0.05) is 18.2 Å². The van der Waals surface area contributed by atoms with Crippen LogP contribution in [-0.2, 0) is 17.9 Å². The monoisotopic (exact) mass is 295 g/mol. The van der Waals surface area contributed by atoms with Gasteiger partial charge in [-0.1, -0.05) is 54.6 Å². The van der Waals surface area contributed by atoms with Crippen LogP contribution in [-0.4, -0.2) is 20.0 Å². The molecule has 0 saturated carbocycles. The maximum Gasteiger partial charge on any atom is 0.244 e. The minimum atomic E-state index is -0.0733. The molecule has 3 nitrogen and oxygen atoms in total. The normalized spacial score (nSPS) is 11.0. The number of benzene rings is 2. The second-order valence-electron chi connectivity index (χ2n) is 5.61. The van der Waals surface area contributed by atoms with E-state index in [1.54, 1.807) is 6.08 Å². The predicted molar refractivity (Wildman–Crippen MR) is 90.3 cm³/mol. The summed E-state index contributed by atoms with van der Waals surface area (Å²) in [5.41, 5.74) is 3.47. The molecule has 0 aliphatic rings. The molecule has 0 unspecified atom stereocenters. The number of hydrogen-bond acceptors (Lipinski definition) is 1. The summed E-state index contributed by atoms with van der Waals surface area (Å²) in [6, 6.07) is 18.1. The van der Waals surface area contributed by atoms with Crippen molar-refractivity contribution in [3.05, 3.63) is 77.4 Å². The lowest BCUT2D eigenvalue weighted by molar-refractivity contribution is -0.872. The number of quaternary nitrogens is 1. The lowest BCUT2D eigenvalue weighted by atomic mass is 10.1. The summed E-state index contributed by atoms with van der Waals surface area (Å²) in [4.78, 5) is 13.3. The molecule has 0 aliphatic carbocycles. The molecular weight excluding hydrogens is 272 g/mol. The highest BCUT2D eigenvalue weighted by Crippen LogP contribution is 2.07. The Labute approximate surface area is 132 Å². The number of carbonyl (C=O) groups is 1. The van der Waals surface area contributed by atoms with E-state index in [9.17, 15) is 4.79 Å². The van der Waals surface area contributed by atoms with Gasteiger partial charge in [0.05, 0.1) is 14.1 Å². The third-order valence-electron chi connectivity index (χ3n) is 3.34. The summed E-state index contributed by atoms with van der Waals surface area (Å²) < 4.78 is 0. The third-order valence-corrected chi connectivity index (χ3v) is 3.34. The summed E-state index contributed by atoms with van der Waals surface area (Å²) >= 11 is 0. The molecule has 114 valence electrons. The molecule has 0 heterocycles. The standard InChI is InChI=1S/C19H22N2O/c1-21(2)15-18-11-7-6-10-17(18)14-20-19(22)13-12-16-8-4-3-5-9-16/h3-13H,14-15H2,1-2H3,(H,20,22)/p+1/b13-12+. The van der Waals surface area contributed by atoms with Crippen molar-refractivity contribution in [2.24, 2.45) is 0 Å². The van der Waals surface area contributed by atoms with Crippen molar-refractivity contribution in [3.8, 4) is 0 Å². The molecule has 2 aromatic carbocycles. The Hall–Kier alpha value is -2.39. The van der Waals surface area contributed by atoms with Crippen LogP contribution in [0.2, 0.25) is 0 Å². The molecule has 0 fully saturated rings. The molecular formula is C19H23N2O+. The average Bonchev–Trinajstić information content (AvgIpc) is 2.52. The van der Waals surface area contributed by atoms with Crippen LogP contribution >= 0.6 is 0 Å². The van der Waals surface area contributed by atoms with Crippen molar-refractivity contribution in [3.63, 3.8) is 0 Å². The SMILES string of the molecule is C[NH+](C)Cc1ccccc1CNC(=O)/C=C/c1ccccc1. The van der Waals surface area contributed by atoms with Gasteiger partial charge in [0.2, 0.25) is 5.91 Å². The van der Waals surface area contributed by atoms with Gasteiger partial charge in [0.15, 0.2) is 0 Å². The van der Waals surface area contributed by atoms with Crippen LogP contribution in [0.5, 0.6) is 0 Å². The van der Waals surface area contributed by atoms with Crippen molar-refractivity contribution >= 4 is 12.0 Å². The quantitative estimate of drug-likeness (QED) is 0.781. The van der Waals surface area contributed by atoms with E-state index in [1.165, 1.54) is 16.0 Å². The molecule has 3 heteroatoms. The van der Waals surface area contributed by atoms with Crippen molar-refractivity contribution in [1.82, 2.24) is 5.32 Å². The highest BCUT2D eigenvalue weighted by atomic mass is 16.1. The molecule has 1 amide bonds. The van der Waals surface area contributed by atoms with Gasteiger partial charge < -0.3 is 10.2 Å². The molecule has 0 bridgehead atoms. The molecule has 2 rings (SSSR count). The molecule has 0 saturated heterocycles. The fraction of sp³-hybridized carbons (Fsp3) is 0.211. The van der Waals surface area contributed by atoms with Crippen LogP contribution in [0.1, 0.15) is 16.7 Å². The van der Waals surface area contributed by atoms with Crippen molar-refractivity contribution < 1.29 is 9.69 Å². The summed E-state index contributed by atoms with van der Waals surface area (Å²) in [5.74, 6) is -0.0733. The minimum absolute atomic E-state index is 0.0733. The Kier molecular flexibility index (Phi) is 5.92. The predicted octanol–water partition coefficient (Wildman–Crippen LogP) is 1.66. The first-order chi connectivity index (χ1) is 10.6. The first kappa shape index (κ1) is 16.0. The minimum Gasteiger partial charge on any atom is -0.348 e. The van der Waals surface area contributed by atoms with Crippen LogP contribution in [0.4, 0.5) is 0 Å². The van der Waals surface area contributed by atoms with Gasteiger partial charge in [0.1, 0.15) is 6.54 Å². The summed E-state index contributed by atoms with van der Waals surface area (Å²) in [5, 5.41) is 2.95. The molecule has 0 spiro atoms. The average molecular weight is 295 g/mol. The molecule has 0 aromatic heterocycles. The highest BCUT2D eigenvalue weighted by Gasteiger charge is 2.05. The Bertz CT molecular complexity index is 633. The largest absolute Gasteiger partial charge is 0.348 e. The van der Waals surface area contributed by atoms with Crippen molar-refractivity contribution in [1.29, 1.82) is 0 Å². The maximum absolute atomic E-state index is 11.9. The van der Waals surface area contributed by atoms with E-state index in [1.807, 2.05) is 48.5 Å². The van der Waals surface area contributed by atoms with Crippen LogP contribution in [0.3, 0.4) is 0 Å². The number of amides is 1. The third kappa shape index (κ3) is 5.19. The van der Waals surface area contributed by atoms with Gasteiger partial charge in [-0.2, -0.15) is 0 Å². The molecule has 0 atom stereocenters.